The van der Waals surface area contributed by atoms with Crippen LogP contribution in [-0.4, -0.2) is 72.0 Å². The highest BCUT2D eigenvalue weighted by Crippen LogP contribution is 2.32. The third-order valence-electron chi connectivity index (χ3n) is 7.14. The monoisotopic (exact) mass is 532 g/mol. The average Bonchev–Trinajstić information content (AvgIpc) is 3.35. The van der Waals surface area contributed by atoms with Crippen molar-refractivity contribution in [1.29, 1.82) is 0 Å². The first-order chi connectivity index (χ1) is 18.8. The number of amides is 1. The Balaban J connectivity index is 1.63. The standard InChI is InChI=1S/C29H40N8O2/c1-20(2)37-28-26(18-32-37)25(29(38)31-16-24(17-33-39)36-12-6-5-8-21(36)3)15-27(34-28)23-10-7-9-22(14-23)19-35(4)13-11-30/h5-10,12,14-15,20-21,24,32H,11,13,16-19,30H2,1-4H3,(H,31,38). The molecule has 10 nitrogen and oxygen atoms in total. The van der Waals surface area contributed by atoms with Crippen LogP contribution in [0.2, 0.25) is 0 Å². The zero-order valence-electron chi connectivity index (χ0n) is 23.3. The number of pyridine rings is 1. The first-order valence-corrected chi connectivity index (χ1v) is 13.6. The van der Waals surface area contributed by atoms with Crippen LogP contribution in [0.15, 0.2) is 59.9 Å². The molecule has 0 fully saturated rings. The van der Waals surface area contributed by atoms with Gasteiger partial charge in [0.05, 0.1) is 11.7 Å². The van der Waals surface area contributed by atoms with Gasteiger partial charge in [0, 0.05) is 67.7 Å². The number of rotatable bonds is 12. The molecule has 0 bridgehead atoms. The summed E-state index contributed by atoms with van der Waals surface area (Å²) >= 11 is 0. The minimum absolute atomic E-state index is 0.0799. The molecule has 3 heterocycles. The molecule has 208 valence electrons. The summed E-state index contributed by atoms with van der Waals surface area (Å²) in [7, 11) is 2.05. The number of nitrogens with one attached hydrogen (secondary N) is 2. The maximum Gasteiger partial charge on any atom is 0.251 e. The Morgan fingerprint density at radius 2 is 2.13 bits per heavy atom. The highest BCUT2D eigenvalue weighted by atomic mass is 16.3. The molecule has 4 rings (SSSR count). The van der Waals surface area contributed by atoms with E-state index in [0.717, 1.165) is 41.3 Å². The molecule has 10 heteroatoms. The van der Waals surface area contributed by atoms with E-state index in [9.17, 15) is 9.70 Å². The Bertz CT molecular complexity index is 1230. The molecule has 1 aromatic heterocycles. The summed E-state index contributed by atoms with van der Waals surface area (Å²) < 4.78 is 0. The summed E-state index contributed by atoms with van der Waals surface area (Å²) in [6, 6.07) is 10.1. The highest BCUT2D eigenvalue weighted by Gasteiger charge is 2.29. The summed E-state index contributed by atoms with van der Waals surface area (Å²) in [5.74, 6) is 0.573. The van der Waals surface area contributed by atoms with Crippen LogP contribution in [0.4, 0.5) is 5.82 Å². The number of nitrogens with zero attached hydrogens (tertiary/aromatic N) is 5. The number of anilines is 1. The van der Waals surface area contributed by atoms with E-state index >= 15 is 0 Å². The van der Waals surface area contributed by atoms with Crippen molar-refractivity contribution in [3.8, 4) is 11.3 Å². The van der Waals surface area contributed by atoms with Gasteiger partial charge in [-0.1, -0.05) is 35.5 Å². The minimum atomic E-state index is -0.246. The van der Waals surface area contributed by atoms with E-state index < -0.39 is 0 Å². The molecule has 2 aliphatic heterocycles. The van der Waals surface area contributed by atoms with Crippen LogP contribution in [0.5, 0.6) is 0 Å². The van der Waals surface area contributed by atoms with Gasteiger partial charge >= 0.3 is 0 Å². The topological polar surface area (TPSA) is 119 Å². The van der Waals surface area contributed by atoms with Crippen LogP contribution in [0.25, 0.3) is 11.3 Å². The van der Waals surface area contributed by atoms with Gasteiger partial charge in [-0.05, 0) is 51.6 Å². The number of hydrazine groups is 1. The van der Waals surface area contributed by atoms with Crippen molar-refractivity contribution in [1.82, 2.24) is 25.5 Å². The van der Waals surface area contributed by atoms with E-state index in [0.29, 0.717) is 25.2 Å². The number of hydrogen-bond donors (Lipinski definition) is 3. The van der Waals surface area contributed by atoms with E-state index in [2.05, 4.69) is 64.7 Å². The van der Waals surface area contributed by atoms with Crippen LogP contribution in [0.1, 0.15) is 42.3 Å². The average molecular weight is 533 g/mol. The van der Waals surface area contributed by atoms with Gasteiger partial charge < -0.3 is 20.9 Å². The normalized spacial score (nSPS) is 17.2. The molecule has 0 aliphatic carbocycles. The van der Waals surface area contributed by atoms with Crippen molar-refractivity contribution in [3.05, 3.63) is 76.4 Å². The van der Waals surface area contributed by atoms with E-state index in [4.69, 9.17) is 10.7 Å². The predicted molar refractivity (Wildman–Crippen MR) is 156 cm³/mol. The van der Waals surface area contributed by atoms with Crippen molar-refractivity contribution in [2.75, 3.05) is 38.2 Å². The number of benzene rings is 1. The number of nitroso groups, excluding NO2 is 1. The fourth-order valence-corrected chi connectivity index (χ4v) is 5.11. The molecule has 0 saturated carbocycles. The first-order valence-electron chi connectivity index (χ1n) is 13.6. The quantitative estimate of drug-likeness (QED) is 0.357. The van der Waals surface area contributed by atoms with Crippen LogP contribution in [0, 0.1) is 4.91 Å². The molecule has 39 heavy (non-hydrogen) atoms. The summed E-state index contributed by atoms with van der Waals surface area (Å²) in [4.78, 5) is 34.1. The third-order valence-corrected chi connectivity index (χ3v) is 7.14. The second kappa shape index (κ2) is 13.0. The number of aromatic nitrogens is 1. The molecule has 0 radical (unpaired) electrons. The molecule has 0 saturated heterocycles. The van der Waals surface area contributed by atoms with E-state index in [1.54, 1.807) is 0 Å². The Hall–Kier alpha value is -3.60. The Kier molecular flexibility index (Phi) is 9.45. The van der Waals surface area contributed by atoms with Gasteiger partial charge in [-0.25, -0.2) is 10.4 Å². The minimum Gasteiger partial charge on any atom is -0.365 e. The van der Waals surface area contributed by atoms with Crippen molar-refractivity contribution >= 4 is 11.7 Å². The van der Waals surface area contributed by atoms with Gasteiger partial charge in [0.15, 0.2) is 0 Å². The number of nitrogens with two attached hydrogens (primary N) is 1. The molecule has 2 aromatic rings. The van der Waals surface area contributed by atoms with E-state index in [-0.39, 0.29) is 30.6 Å². The maximum absolute atomic E-state index is 13.7. The Labute approximate surface area is 230 Å². The lowest BCUT2D eigenvalue weighted by Crippen LogP contribution is -2.47. The van der Waals surface area contributed by atoms with Gasteiger partial charge in [-0.2, -0.15) is 4.91 Å². The zero-order chi connectivity index (χ0) is 27.9. The van der Waals surface area contributed by atoms with E-state index in [1.807, 2.05) is 48.6 Å². The molecular weight excluding hydrogens is 492 g/mol. The summed E-state index contributed by atoms with van der Waals surface area (Å²) in [5.41, 5.74) is 13.4. The Morgan fingerprint density at radius 3 is 2.85 bits per heavy atom. The second-order valence-corrected chi connectivity index (χ2v) is 10.5. The number of fused-ring (bicyclic) bond motifs is 1. The van der Waals surface area contributed by atoms with Gasteiger partial charge in [-0.3, -0.25) is 9.80 Å². The fraction of sp³-hybridized carbons (Fsp3) is 0.448. The maximum atomic E-state index is 13.7. The van der Waals surface area contributed by atoms with Crippen molar-refractivity contribution in [3.63, 3.8) is 0 Å². The van der Waals surface area contributed by atoms with Gasteiger partial charge in [0.25, 0.3) is 5.91 Å². The summed E-state index contributed by atoms with van der Waals surface area (Å²) in [6.45, 7) is 9.30. The van der Waals surface area contributed by atoms with Gasteiger partial charge in [0.2, 0.25) is 0 Å². The van der Waals surface area contributed by atoms with Crippen molar-refractivity contribution < 1.29 is 4.79 Å². The summed E-state index contributed by atoms with van der Waals surface area (Å²) in [5, 5.41) is 8.23. The molecule has 1 aromatic carbocycles. The molecule has 2 atom stereocenters. The summed E-state index contributed by atoms with van der Waals surface area (Å²) in [6.07, 6.45) is 7.90. The SMILES string of the molecule is CC(C)N1NCc2c(C(=O)NCC(CN=O)N3C=CC=CC3C)cc(-c3cccc(CN(C)CCN)c3)nc21. The van der Waals surface area contributed by atoms with Gasteiger partial charge in [-0.15, -0.1) is 0 Å². The third kappa shape index (κ3) is 6.70. The van der Waals surface area contributed by atoms with Crippen LogP contribution >= 0.6 is 0 Å². The lowest BCUT2D eigenvalue weighted by molar-refractivity contribution is 0.0938. The molecule has 1 amide bonds. The smallest absolute Gasteiger partial charge is 0.251 e. The molecular formula is C29H40N8O2. The lowest BCUT2D eigenvalue weighted by atomic mass is 10.0. The number of likely N-dealkylation sites (N-methyl/N-ethyl adjacent to an activating group) is 1. The molecule has 2 unspecified atom stereocenters. The van der Waals surface area contributed by atoms with Crippen molar-refractivity contribution in [2.24, 2.45) is 10.9 Å². The highest BCUT2D eigenvalue weighted by molar-refractivity contribution is 5.98. The van der Waals surface area contributed by atoms with Gasteiger partial charge in [0.1, 0.15) is 12.4 Å². The van der Waals surface area contributed by atoms with Crippen LogP contribution in [-0.2, 0) is 13.1 Å². The molecule has 4 N–H and O–H groups in total. The number of allylic oxidation sites excluding steroid dienone is 2. The fourth-order valence-electron chi connectivity index (χ4n) is 5.11. The largest absolute Gasteiger partial charge is 0.365 e. The van der Waals surface area contributed by atoms with E-state index in [1.165, 1.54) is 0 Å². The Morgan fingerprint density at radius 1 is 1.31 bits per heavy atom. The second-order valence-electron chi connectivity index (χ2n) is 10.5. The molecule has 0 spiro atoms. The number of carbonyl (C=O) groups excluding carboxylic acids is 1. The number of carbonyl (C=O) groups is 1. The van der Waals surface area contributed by atoms with Crippen LogP contribution < -0.4 is 21.5 Å². The van der Waals surface area contributed by atoms with Crippen LogP contribution in [0.3, 0.4) is 0 Å². The predicted octanol–water partition coefficient (Wildman–Crippen LogP) is 3.01. The first kappa shape index (κ1) is 28.4. The van der Waals surface area contributed by atoms with Crippen molar-refractivity contribution in [2.45, 2.75) is 52.0 Å². The number of hydrogen-bond acceptors (Lipinski definition) is 9. The lowest BCUT2D eigenvalue weighted by Gasteiger charge is -2.34. The zero-order valence-corrected chi connectivity index (χ0v) is 23.3. The molecule has 2 aliphatic rings.